The molecule has 12 rings (SSSR count). The molecule has 0 bridgehead atoms. The highest BCUT2D eigenvalue weighted by molar-refractivity contribution is 6.12. The second-order valence-corrected chi connectivity index (χ2v) is 15.0. The Morgan fingerprint density at radius 1 is 0.306 bits per heavy atom. The maximum absolute atomic E-state index is 9.16. The Kier molecular flexibility index (Phi) is 6.67. The molecule has 0 spiro atoms. The molecule has 12 aromatic rings. The Balaban J connectivity index is 1.12. The second kappa shape index (κ2) is 14.7. The summed E-state index contributed by atoms with van der Waals surface area (Å²) in [6, 6.07) is 54.9. The summed E-state index contributed by atoms with van der Waals surface area (Å²) in [7, 11) is 0. The van der Waals surface area contributed by atoms with Gasteiger partial charge in [-0.15, -0.1) is 0 Å². The molecule has 0 aliphatic heterocycles. The number of hydrogen-bond donors (Lipinski definition) is 0. The molecule has 62 heavy (non-hydrogen) atoms. The van der Waals surface area contributed by atoms with Crippen molar-refractivity contribution in [1.82, 2.24) is 24.1 Å². The zero-order chi connectivity index (χ0) is 47.9. The largest absolute Gasteiger partial charge is 0.309 e. The summed E-state index contributed by atoms with van der Waals surface area (Å²) in [5.74, 6) is 1.49. The molecule has 0 saturated heterocycles. The van der Waals surface area contributed by atoms with Crippen LogP contribution in [-0.4, -0.2) is 24.1 Å². The van der Waals surface area contributed by atoms with Crippen LogP contribution in [0.15, 0.2) is 224 Å². The molecule has 0 fully saturated rings. The zero-order valence-electron chi connectivity index (χ0n) is 41.0. The standard InChI is InChI=1S/C57H37N5/c1-4-16-38(17-5-1)39-28-30-42(31-29-39)56-58-55(41-20-8-3-9-21-41)59-57(60-56)50-36-43(32-34-45(50)40-18-6-2-7-19-40)62-53-27-15-12-24-48(53)49-35-33-44(37-54(49)62)61-51-25-13-10-22-46(51)47-23-11-14-26-52(47)61/h1-37H/i10D,11D,13D,14D,22D,23D,25D,26D. The average molecular weight is 800 g/mol. The van der Waals surface area contributed by atoms with Gasteiger partial charge in [0.1, 0.15) is 0 Å². The first-order valence-corrected chi connectivity index (χ1v) is 20.3. The van der Waals surface area contributed by atoms with Crippen LogP contribution in [0.1, 0.15) is 11.0 Å². The van der Waals surface area contributed by atoms with E-state index in [1.54, 1.807) is 4.57 Å². The fourth-order valence-corrected chi connectivity index (χ4v) is 8.57. The summed E-state index contributed by atoms with van der Waals surface area (Å²) in [5.41, 5.74) is 9.41. The Hall–Kier alpha value is -8.41. The molecule has 3 heterocycles. The van der Waals surface area contributed by atoms with Crippen LogP contribution in [0.25, 0.3) is 111 Å². The summed E-state index contributed by atoms with van der Waals surface area (Å²) in [4.78, 5) is 15.5. The topological polar surface area (TPSA) is 48.5 Å². The number of rotatable bonds is 7. The second-order valence-electron chi connectivity index (χ2n) is 15.0. The quantitative estimate of drug-likeness (QED) is 0.161. The van der Waals surface area contributed by atoms with E-state index in [0.717, 1.165) is 66.4 Å². The van der Waals surface area contributed by atoms with Crippen molar-refractivity contribution in [2.75, 3.05) is 0 Å². The highest BCUT2D eigenvalue weighted by Crippen LogP contribution is 2.40. The smallest absolute Gasteiger partial charge is 0.164 e. The van der Waals surface area contributed by atoms with E-state index in [-0.39, 0.29) is 46.0 Å². The van der Waals surface area contributed by atoms with E-state index in [2.05, 4.69) is 59.2 Å². The SMILES string of the molecule is [2H]c1c([2H])c([2H])c2c(c1[2H])c1c([2H])c([2H])c([2H])c([2H])c1n2-c1ccc2c3ccccc3n(-c3ccc(-c4ccccc4)c(-c4nc(-c5ccccc5)nc(-c5ccc(-c6ccccc6)cc5)n4)c3)c2c1. The van der Waals surface area contributed by atoms with E-state index < -0.39 is 24.2 Å². The predicted molar refractivity (Wildman–Crippen MR) is 256 cm³/mol. The summed E-state index contributed by atoms with van der Waals surface area (Å²) in [6.07, 6.45) is 0. The molecule has 0 aliphatic rings. The highest BCUT2D eigenvalue weighted by Gasteiger charge is 2.20. The third-order valence-corrected chi connectivity index (χ3v) is 11.5. The Morgan fingerprint density at radius 3 is 1.45 bits per heavy atom. The van der Waals surface area contributed by atoms with E-state index in [1.165, 1.54) is 0 Å². The van der Waals surface area contributed by atoms with Gasteiger partial charge in [-0.2, -0.15) is 0 Å². The summed E-state index contributed by atoms with van der Waals surface area (Å²) in [5, 5.41) is 1.89. The molecular weight excluding hydrogens is 755 g/mol. The van der Waals surface area contributed by atoms with Crippen molar-refractivity contribution in [1.29, 1.82) is 0 Å². The van der Waals surface area contributed by atoms with E-state index in [9.17, 15) is 0 Å². The maximum atomic E-state index is 9.16. The van der Waals surface area contributed by atoms with Crippen LogP contribution in [0.5, 0.6) is 0 Å². The van der Waals surface area contributed by atoms with Gasteiger partial charge in [-0.1, -0.05) is 182 Å². The van der Waals surface area contributed by atoms with Gasteiger partial charge >= 0.3 is 0 Å². The van der Waals surface area contributed by atoms with E-state index in [4.69, 9.17) is 25.9 Å². The highest BCUT2D eigenvalue weighted by atomic mass is 15.0. The molecule has 0 saturated carbocycles. The van der Waals surface area contributed by atoms with Crippen molar-refractivity contribution in [2.24, 2.45) is 0 Å². The monoisotopic (exact) mass is 799 g/mol. The molecule has 5 heteroatoms. The first-order valence-electron chi connectivity index (χ1n) is 24.3. The van der Waals surface area contributed by atoms with Gasteiger partial charge in [0.15, 0.2) is 17.5 Å². The van der Waals surface area contributed by atoms with Gasteiger partial charge < -0.3 is 9.13 Å². The van der Waals surface area contributed by atoms with Crippen LogP contribution in [0.2, 0.25) is 0 Å². The van der Waals surface area contributed by atoms with Gasteiger partial charge in [0.25, 0.3) is 0 Å². The van der Waals surface area contributed by atoms with Crippen molar-refractivity contribution in [3.8, 4) is 67.8 Å². The van der Waals surface area contributed by atoms with Crippen LogP contribution in [0.4, 0.5) is 0 Å². The predicted octanol–water partition coefficient (Wildman–Crippen LogP) is 14.4. The van der Waals surface area contributed by atoms with Crippen LogP contribution < -0.4 is 0 Å². The fraction of sp³-hybridized carbons (Fsp3) is 0. The average Bonchev–Trinajstić information content (AvgIpc) is 3.95. The lowest BCUT2D eigenvalue weighted by molar-refractivity contribution is 1.07. The van der Waals surface area contributed by atoms with E-state index in [0.29, 0.717) is 23.2 Å². The van der Waals surface area contributed by atoms with Crippen molar-refractivity contribution >= 4 is 43.6 Å². The molecule has 0 amide bonds. The van der Waals surface area contributed by atoms with Crippen molar-refractivity contribution in [2.45, 2.75) is 0 Å². The number of benzene rings is 9. The maximum Gasteiger partial charge on any atom is 0.164 e. The Morgan fingerprint density at radius 2 is 0.774 bits per heavy atom. The van der Waals surface area contributed by atoms with Gasteiger partial charge in [0.05, 0.1) is 33.0 Å². The molecule has 290 valence electrons. The zero-order valence-corrected chi connectivity index (χ0v) is 33.0. The fourth-order valence-electron chi connectivity index (χ4n) is 8.57. The Labute approximate surface area is 369 Å². The summed E-state index contributed by atoms with van der Waals surface area (Å²) < 4.78 is 74.4. The Bertz CT molecular complexity index is 4000. The summed E-state index contributed by atoms with van der Waals surface area (Å²) >= 11 is 0. The lowest BCUT2D eigenvalue weighted by atomic mass is 9.98. The van der Waals surface area contributed by atoms with Crippen LogP contribution in [0, 0.1) is 0 Å². The number of aromatic nitrogens is 5. The normalized spacial score (nSPS) is 13.4. The molecular formula is C57H37N5. The van der Waals surface area contributed by atoms with Crippen molar-refractivity contribution in [3.63, 3.8) is 0 Å². The first kappa shape index (κ1) is 28.1. The van der Waals surface area contributed by atoms with Gasteiger partial charge in [-0.25, -0.2) is 15.0 Å². The molecule has 0 aliphatic carbocycles. The van der Waals surface area contributed by atoms with Gasteiger partial charge in [0, 0.05) is 49.6 Å². The molecule has 0 N–H and O–H groups in total. The van der Waals surface area contributed by atoms with E-state index >= 15 is 0 Å². The third kappa shape index (κ3) is 5.98. The minimum atomic E-state index is -0.489. The minimum Gasteiger partial charge on any atom is -0.309 e. The van der Waals surface area contributed by atoms with Crippen LogP contribution >= 0.6 is 0 Å². The number of fused-ring (bicyclic) bond motifs is 6. The molecule has 0 unspecified atom stereocenters. The number of para-hydroxylation sites is 3. The molecule has 5 nitrogen and oxygen atoms in total. The van der Waals surface area contributed by atoms with Gasteiger partial charge in [-0.05, 0) is 64.7 Å². The molecule has 0 atom stereocenters. The third-order valence-electron chi connectivity index (χ3n) is 11.5. The lowest BCUT2D eigenvalue weighted by Gasteiger charge is -2.16. The molecule has 0 radical (unpaired) electrons. The minimum absolute atomic E-state index is 0.0218. The molecule has 9 aromatic carbocycles. The van der Waals surface area contributed by atoms with Crippen LogP contribution in [-0.2, 0) is 0 Å². The number of hydrogen-bond acceptors (Lipinski definition) is 3. The van der Waals surface area contributed by atoms with Crippen LogP contribution in [0.3, 0.4) is 0 Å². The van der Waals surface area contributed by atoms with E-state index in [1.807, 2.05) is 121 Å². The van der Waals surface area contributed by atoms with Crippen molar-refractivity contribution < 1.29 is 11.0 Å². The lowest BCUT2D eigenvalue weighted by Crippen LogP contribution is -2.02. The van der Waals surface area contributed by atoms with Crippen molar-refractivity contribution in [3.05, 3.63) is 224 Å². The number of nitrogens with zero attached hydrogens (tertiary/aromatic N) is 5. The first-order chi connectivity index (χ1) is 34.1. The molecule has 3 aromatic heterocycles. The van der Waals surface area contributed by atoms with Gasteiger partial charge in [0.2, 0.25) is 0 Å². The summed E-state index contributed by atoms with van der Waals surface area (Å²) in [6.45, 7) is 0. The van der Waals surface area contributed by atoms with Gasteiger partial charge in [-0.3, -0.25) is 0 Å².